The molecule has 0 atom stereocenters. The van der Waals surface area contributed by atoms with Crippen LogP contribution >= 0.6 is 0 Å². The van der Waals surface area contributed by atoms with Gasteiger partial charge in [-0.2, -0.15) is 5.26 Å². The predicted molar refractivity (Wildman–Crippen MR) is 95.6 cm³/mol. The van der Waals surface area contributed by atoms with Crippen molar-refractivity contribution in [1.82, 2.24) is 10.9 Å². The van der Waals surface area contributed by atoms with E-state index in [1.165, 1.54) is 18.2 Å². The fraction of sp³-hybridized carbons (Fsp3) is 0.0500. The van der Waals surface area contributed by atoms with E-state index in [1.54, 1.807) is 18.2 Å². The molecule has 0 bridgehead atoms. The maximum atomic E-state index is 12.1. The number of hydrogen-bond acceptors (Lipinski definition) is 5. The molecule has 7 nitrogen and oxygen atoms in total. The van der Waals surface area contributed by atoms with Crippen molar-refractivity contribution in [3.8, 4) is 11.8 Å². The second-order valence-corrected chi connectivity index (χ2v) is 5.47. The Hall–Kier alpha value is -4.05. The monoisotopic (exact) mass is 361 g/mol. The third-order valence-corrected chi connectivity index (χ3v) is 3.55. The van der Waals surface area contributed by atoms with E-state index in [0.717, 1.165) is 0 Å². The first-order valence-electron chi connectivity index (χ1n) is 8.03. The number of hydrogen-bond donors (Lipinski definition) is 2. The molecule has 3 rings (SSSR count). The van der Waals surface area contributed by atoms with E-state index in [9.17, 15) is 9.59 Å². The molecular formula is C20H15N3O4. The summed E-state index contributed by atoms with van der Waals surface area (Å²) in [6.45, 7) is 0.171. The zero-order valence-electron chi connectivity index (χ0n) is 14.1. The Morgan fingerprint density at radius 3 is 2.52 bits per heavy atom. The van der Waals surface area contributed by atoms with Crippen molar-refractivity contribution in [2.75, 3.05) is 0 Å². The quantitative estimate of drug-likeness (QED) is 0.680. The number of nitrogens with one attached hydrogen (secondary N) is 2. The number of hydrazine groups is 1. The molecule has 1 aromatic heterocycles. The third-order valence-electron chi connectivity index (χ3n) is 3.55. The highest BCUT2D eigenvalue weighted by atomic mass is 16.5. The zero-order chi connectivity index (χ0) is 19.1. The summed E-state index contributed by atoms with van der Waals surface area (Å²) in [5.41, 5.74) is 5.15. The lowest BCUT2D eigenvalue weighted by atomic mass is 10.1. The summed E-state index contributed by atoms with van der Waals surface area (Å²) >= 11 is 0. The molecule has 0 aliphatic rings. The van der Waals surface area contributed by atoms with Gasteiger partial charge < -0.3 is 9.15 Å². The van der Waals surface area contributed by atoms with Gasteiger partial charge in [-0.15, -0.1) is 0 Å². The minimum absolute atomic E-state index is 0.0349. The first-order chi connectivity index (χ1) is 13.2. The molecule has 0 aliphatic carbocycles. The van der Waals surface area contributed by atoms with Crippen LogP contribution in [0.5, 0.6) is 5.75 Å². The van der Waals surface area contributed by atoms with Gasteiger partial charge in [0.05, 0.1) is 11.6 Å². The maximum Gasteiger partial charge on any atom is 0.305 e. The lowest BCUT2D eigenvalue weighted by Crippen LogP contribution is -2.41. The van der Waals surface area contributed by atoms with Gasteiger partial charge in [-0.3, -0.25) is 20.4 Å². The van der Waals surface area contributed by atoms with Crippen molar-refractivity contribution < 1.29 is 18.7 Å². The van der Waals surface area contributed by atoms with Gasteiger partial charge in [0.25, 0.3) is 5.91 Å². The Bertz CT molecular complexity index is 990. The molecule has 1 heterocycles. The van der Waals surface area contributed by atoms with Crippen molar-refractivity contribution in [3.05, 3.63) is 89.4 Å². The number of furan rings is 1. The molecule has 0 saturated heterocycles. The first kappa shape index (κ1) is 17.8. The first-order valence-corrected chi connectivity index (χ1v) is 8.03. The molecule has 0 fully saturated rings. The highest BCUT2D eigenvalue weighted by Crippen LogP contribution is 2.14. The van der Waals surface area contributed by atoms with Gasteiger partial charge >= 0.3 is 5.91 Å². The highest BCUT2D eigenvalue weighted by Gasteiger charge is 2.13. The Morgan fingerprint density at radius 1 is 0.963 bits per heavy atom. The van der Waals surface area contributed by atoms with Crippen LogP contribution in [0, 0.1) is 11.3 Å². The number of carbonyl (C=O) groups is 2. The molecular weight excluding hydrogens is 346 g/mol. The smallest absolute Gasteiger partial charge is 0.305 e. The van der Waals surface area contributed by atoms with E-state index < -0.39 is 11.8 Å². The van der Waals surface area contributed by atoms with Gasteiger partial charge in [0.15, 0.2) is 5.76 Å². The summed E-state index contributed by atoms with van der Waals surface area (Å²) in [5.74, 6) is 0.0435. The van der Waals surface area contributed by atoms with Crippen LogP contribution in [0.1, 0.15) is 32.2 Å². The van der Waals surface area contributed by atoms with E-state index in [2.05, 4.69) is 10.9 Å². The third kappa shape index (κ3) is 4.74. The Labute approximate surface area is 155 Å². The molecule has 7 heteroatoms. The summed E-state index contributed by atoms with van der Waals surface area (Å²) in [5, 5.41) is 8.86. The van der Waals surface area contributed by atoms with Crippen LogP contribution in [0.4, 0.5) is 0 Å². The SMILES string of the molecule is N#Cc1cccc(C(=O)NNC(=O)c2ccc(COc3ccccc3)o2)c1. The molecule has 0 radical (unpaired) electrons. The molecule has 27 heavy (non-hydrogen) atoms. The Balaban J connectivity index is 1.53. The molecule has 2 amide bonds. The van der Waals surface area contributed by atoms with Crippen LogP contribution in [-0.2, 0) is 6.61 Å². The van der Waals surface area contributed by atoms with Gasteiger partial charge in [-0.25, -0.2) is 0 Å². The van der Waals surface area contributed by atoms with Crippen molar-refractivity contribution in [2.24, 2.45) is 0 Å². The van der Waals surface area contributed by atoms with Gasteiger partial charge in [0, 0.05) is 5.56 Å². The summed E-state index contributed by atoms with van der Waals surface area (Å²) in [4.78, 5) is 24.1. The maximum absolute atomic E-state index is 12.1. The van der Waals surface area contributed by atoms with Crippen molar-refractivity contribution in [3.63, 3.8) is 0 Å². The topological polar surface area (TPSA) is 104 Å². The normalized spacial score (nSPS) is 9.89. The van der Waals surface area contributed by atoms with Gasteiger partial charge in [-0.05, 0) is 42.5 Å². The molecule has 134 valence electrons. The minimum Gasteiger partial charge on any atom is -0.486 e. The summed E-state index contributed by atoms with van der Waals surface area (Å²) in [6, 6.07) is 20.4. The summed E-state index contributed by atoms with van der Waals surface area (Å²) in [7, 11) is 0. The Morgan fingerprint density at radius 2 is 1.74 bits per heavy atom. The number of ether oxygens (including phenoxy) is 1. The number of benzene rings is 2. The minimum atomic E-state index is -0.606. The summed E-state index contributed by atoms with van der Waals surface area (Å²) in [6.07, 6.45) is 0. The standard InChI is InChI=1S/C20H15N3O4/c21-12-14-5-4-6-15(11-14)19(24)22-23-20(25)18-10-9-17(27-18)13-26-16-7-2-1-3-8-16/h1-11H,13H2,(H,22,24)(H,23,25). The van der Waals surface area contributed by atoms with E-state index in [1.807, 2.05) is 36.4 Å². The molecule has 0 saturated carbocycles. The van der Waals surface area contributed by atoms with Crippen LogP contribution in [0.25, 0.3) is 0 Å². The average Bonchev–Trinajstić information content (AvgIpc) is 3.20. The van der Waals surface area contributed by atoms with E-state index in [4.69, 9.17) is 14.4 Å². The van der Waals surface area contributed by atoms with Crippen LogP contribution in [-0.4, -0.2) is 11.8 Å². The average molecular weight is 361 g/mol. The highest BCUT2D eigenvalue weighted by molar-refractivity contribution is 5.98. The van der Waals surface area contributed by atoms with Gasteiger partial charge in [0.1, 0.15) is 18.1 Å². The van der Waals surface area contributed by atoms with E-state index in [-0.39, 0.29) is 17.9 Å². The van der Waals surface area contributed by atoms with Crippen molar-refractivity contribution in [1.29, 1.82) is 5.26 Å². The van der Waals surface area contributed by atoms with Crippen LogP contribution in [0.3, 0.4) is 0 Å². The number of para-hydroxylation sites is 1. The fourth-order valence-electron chi connectivity index (χ4n) is 2.23. The number of nitrogens with zero attached hydrogens (tertiary/aromatic N) is 1. The molecule has 3 aromatic rings. The number of nitriles is 1. The van der Waals surface area contributed by atoms with Crippen molar-refractivity contribution >= 4 is 11.8 Å². The molecule has 0 aliphatic heterocycles. The number of amides is 2. The van der Waals surface area contributed by atoms with E-state index >= 15 is 0 Å². The molecule has 0 unspecified atom stereocenters. The lowest BCUT2D eigenvalue weighted by molar-refractivity contribution is 0.0828. The van der Waals surface area contributed by atoms with Gasteiger partial charge in [-0.1, -0.05) is 24.3 Å². The molecule has 2 aromatic carbocycles. The summed E-state index contributed by atoms with van der Waals surface area (Å²) < 4.78 is 11.0. The largest absolute Gasteiger partial charge is 0.486 e. The van der Waals surface area contributed by atoms with Gasteiger partial charge in [0.2, 0.25) is 0 Å². The second kappa shape index (κ2) is 8.36. The van der Waals surface area contributed by atoms with Crippen LogP contribution in [0.2, 0.25) is 0 Å². The second-order valence-electron chi connectivity index (χ2n) is 5.47. The predicted octanol–water partition coefficient (Wildman–Crippen LogP) is 2.81. The van der Waals surface area contributed by atoms with Crippen LogP contribution in [0.15, 0.2) is 71.1 Å². The van der Waals surface area contributed by atoms with Crippen molar-refractivity contribution in [2.45, 2.75) is 6.61 Å². The number of carbonyl (C=O) groups excluding carboxylic acids is 2. The van der Waals surface area contributed by atoms with E-state index in [0.29, 0.717) is 17.1 Å². The lowest BCUT2D eigenvalue weighted by Gasteiger charge is -2.06. The molecule has 2 N–H and O–H groups in total. The Kier molecular flexibility index (Phi) is 5.50. The fourth-order valence-corrected chi connectivity index (χ4v) is 2.23. The van der Waals surface area contributed by atoms with Crippen LogP contribution < -0.4 is 15.6 Å². The number of rotatable bonds is 5. The zero-order valence-corrected chi connectivity index (χ0v) is 14.1. The molecule has 0 spiro atoms.